The number of Topliss-reactive ketones (excluding diaryl/α,β-unsaturated/α-hetero) is 1. The van der Waals surface area contributed by atoms with E-state index in [0.29, 0.717) is 0 Å². The molecule has 6 nitrogen and oxygen atoms in total. The normalized spacial score (nSPS) is 21.6. The fraction of sp³-hybridized carbons (Fsp3) is 0.273. The van der Waals surface area contributed by atoms with Crippen LogP contribution in [-0.4, -0.2) is 37.6 Å². The zero-order valence-corrected chi connectivity index (χ0v) is 10.6. The second-order valence-corrected chi connectivity index (χ2v) is 6.34. The van der Waals surface area contributed by atoms with Crippen molar-refractivity contribution in [2.24, 2.45) is 0 Å². The lowest BCUT2D eigenvalue weighted by Gasteiger charge is -2.30. The van der Waals surface area contributed by atoms with E-state index in [-0.39, 0.29) is 16.8 Å². The van der Waals surface area contributed by atoms with Crippen molar-refractivity contribution in [1.29, 1.82) is 0 Å². The molecule has 1 aliphatic heterocycles. The third-order valence-electron chi connectivity index (χ3n) is 3.05. The maximum Gasteiger partial charge on any atom is 0.335 e. The number of aromatic carboxylic acids is 1. The van der Waals surface area contributed by atoms with Crippen molar-refractivity contribution in [3.05, 3.63) is 29.3 Å². The summed E-state index contributed by atoms with van der Waals surface area (Å²) in [5.41, 5.74) is 0.279. The van der Waals surface area contributed by atoms with Crippen LogP contribution < -0.4 is 4.31 Å². The quantitative estimate of drug-likeness (QED) is 0.811. The molecule has 0 saturated carbocycles. The first-order valence-electron chi connectivity index (χ1n) is 5.16. The Morgan fingerprint density at radius 1 is 1.39 bits per heavy atom. The largest absolute Gasteiger partial charge is 0.478 e. The molecule has 1 atom stereocenters. The van der Waals surface area contributed by atoms with Gasteiger partial charge in [-0.05, 0) is 25.1 Å². The van der Waals surface area contributed by atoms with Crippen LogP contribution in [0.15, 0.2) is 18.2 Å². The minimum Gasteiger partial charge on any atom is -0.478 e. The Balaban J connectivity index is 2.72. The predicted octanol–water partition coefficient (Wildman–Crippen LogP) is 0.736. The standard InChI is InChI=1S/C11H11NO5S/c1-6-10(13)8-4-3-7(11(14)15)5-9(8)12(2)18(6,16)17/h3-6H,1-2H3,(H,14,15). The van der Waals surface area contributed by atoms with Gasteiger partial charge < -0.3 is 5.11 Å². The number of anilines is 1. The molecule has 0 spiro atoms. The molecule has 0 aromatic heterocycles. The van der Waals surface area contributed by atoms with Crippen molar-refractivity contribution in [3.8, 4) is 0 Å². The molecule has 1 unspecified atom stereocenters. The molecule has 1 aromatic rings. The highest BCUT2D eigenvalue weighted by Gasteiger charge is 2.40. The topological polar surface area (TPSA) is 91.8 Å². The molecule has 0 radical (unpaired) electrons. The maximum atomic E-state index is 11.9. The number of carbonyl (C=O) groups excluding carboxylic acids is 1. The predicted molar refractivity (Wildman–Crippen MR) is 64.5 cm³/mol. The number of benzene rings is 1. The number of nitrogens with zero attached hydrogens (tertiary/aromatic N) is 1. The summed E-state index contributed by atoms with van der Waals surface area (Å²) >= 11 is 0. The third-order valence-corrected chi connectivity index (χ3v) is 5.11. The fourth-order valence-electron chi connectivity index (χ4n) is 1.86. The summed E-state index contributed by atoms with van der Waals surface area (Å²) in [6.45, 7) is 1.32. The number of rotatable bonds is 1. The first-order chi connectivity index (χ1) is 8.26. The molecule has 1 heterocycles. The lowest BCUT2D eigenvalue weighted by Crippen LogP contribution is -2.44. The molecule has 96 valence electrons. The summed E-state index contributed by atoms with van der Waals surface area (Å²) in [6, 6.07) is 3.83. The molecule has 18 heavy (non-hydrogen) atoms. The number of carboxylic acid groups (broad SMARTS) is 1. The summed E-state index contributed by atoms with van der Waals surface area (Å²) in [5.74, 6) is -1.69. The molecule has 1 aromatic carbocycles. The van der Waals surface area contributed by atoms with Gasteiger partial charge in [-0.25, -0.2) is 13.2 Å². The van der Waals surface area contributed by atoms with Crippen molar-refractivity contribution in [3.63, 3.8) is 0 Å². The van der Waals surface area contributed by atoms with Crippen LogP contribution in [0, 0.1) is 0 Å². The SMILES string of the molecule is CC1C(=O)c2ccc(C(=O)O)cc2N(C)S1(=O)=O. The number of carboxylic acids is 1. The minimum atomic E-state index is -3.75. The fourth-order valence-corrected chi connectivity index (χ4v) is 3.16. The monoisotopic (exact) mass is 269 g/mol. The van der Waals surface area contributed by atoms with Crippen LogP contribution in [0.25, 0.3) is 0 Å². The van der Waals surface area contributed by atoms with Crippen molar-refractivity contribution in [1.82, 2.24) is 0 Å². The van der Waals surface area contributed by atoms with Gasteiger partial charge in [-0.2, -0.15) is 0 Å². The van der Waals surface area contributed by atoms with Crippen molar-refractivity contribution < 1.29 is 23.1 Å². The summed E-state index contributed by atoms with van der Waals surface area (Å²) in [4.78, 5) is 22.8. The van der Waals surface area contributed by atoms with Crippen LogP contribution in [0.2, 0.25) is 0 Å². The van der Waals surface area contributed by atoms with E-state index in [0.717, 1.165) is 4.31 Å². The van der Waals surface area contributed by atoms with Gasteiger partial charge in [0.05, 0.1) is 11.3 Å². The zero-order chi connectivity index (χ0) is 13.7. The summed E-state index contributed by atoms with van der Waals surface area (Å²) in [6.07, 6.45) is 0. The van der Waals surface area contributed by atoms with E-state index in [1.807, 2.05) is 0 Å². The van der Waals surface area contributed by atoms with E-state index in [9.17, 15) is 18.0 Å². The molecule has 1 aliphatic rings. The second kappa shape index (κ2) is 3.81. The molecule has 0 aliphatic carbocycles. The van der Waals surface area contributed by atoms with Gasteiger partial charge >= 0.3 is 5.97 Å². The van der Waals surface area contributed by atoms with Crippen LogP contribution >= 0.6 is 0 Å². The number of ketones is 1. The Bertz CT molecular complexity index is 649. The Morgan fingerprint density at radius 2 is 2.00 bits per heavy atom. The molecule has 0 amide bonds. The van der Waals surface area contributed by atoms with Crippen LogP contribution in [0.3, 0.4) is 0 Å². The average molecular weight is 269 g/mol. The lowest BCUT2D eigenvalue weighted by molar-refractivity contribution is 0.0696. The van der Waals surface area contributed by atoms with E-state index in [1.165, 1.54) is 32.2 Å². The zero-order valence-electron chi connectivity index (χ0n) is 9.75. The molecular formula is C11H11NO5S. The van der Waals surface area contributed by atoms with Gasteiger partial charge in [-0.3, -0.25) is 9.10 Å². The van der Waals surface area contributed by atoms with Crippen LogP contribution in [-0.2, 0) is 10.0 Å². The Hall–Kier alpha value is -1.89. The highest BCUT2D eigenvalue weighted by molar-refractivity contribution is 7.94. The molecule has 2 rings (SSSR count). The van der Waals surface area contributed by atoms with Crippen LogP contribution in [0.5, 0.6) is 0 Å². The van der Waals surface area contributed by atoms with Crippen LogP contribution in [0.1, 0.15) is 27.6 Å². The van der Waals surface area contributed by atoms with E-state index in [4.69, 9.17) is 5.11 Å². The van der Waals surface area contributed by atoms with E-state index < -0.39 is 27.0 Å². The smallest absolute Gasteiger partial charge is 0.335 e. The van der Waals surface area contributed by atoms with Crippen molar-refractivity contribution >= 4 is 27.5 Å². The Morgan fingerprint density at radius 3 is 2.56 bits per heavy atom. The lowest BCUT2D eigenvalue weighted by atomic mass is 10.0. The number of hydrogen-bond donors (Lipinski definition) is 1. The molecule has 7 heteroatoms. The van der Waals surface area contributed by atoms with Gasteiger partial charge in [-0.15, -0.1) is 0 Å². The maximum absolute atomic E-state index is 11.9. The van der Waals surface area contributed by atoms with Gasteiger partial charge in [0.15, 0.2) is 5.78 Å². The molecule has 0 saturated heterocycles. The van der Waals surface area contributed by atoms with E-state index >= 15 is 0 Å². The van der Waals surface area contributed by atoms with Gasteiger partial charge in [-0.1, -0.05) is 0 Å². The summed E-state index contributed by atoms with van der Waals surface area (Å²) in [5, 5.41) is 7.72. The first kappa shape index (κ1) is 12.6. The third kappa shape index (κ3) is 1.59. The highest BCUT2D eigenvalue weighted by atomic mass is 32.2. The molecular weight excluding hydrogens is 258 g/mol. The number of sulfonamides is 1. The minimum absolute atomic E-state index is 0.0573. The first-order valence-corrected chi connectivity index (χ1v) is 6.66. The van der Waals surface area contributed by atoms with Gasteiger partial charge in [0, 0.05) is 12.6 Å². The van der Waals surface area contributed by atoms with E-state index in [1.54, 1.807) is 0 Å². The second-order valence-electron chi connectivity index (χ2n) is 4.06. The Kier molecular flexibility index (Phi) is 2.66. The van der Waals surface area contributed by atoms with Crippen molar-refractivity contribution in [2.45, 2.75) is 12.2 Å². The van der Waals surface area contributed by atoms with Gasteiger partial charge in [0.1, 0.15) is 5.25 Å². The average Bonchev–Trinajstić information content (AvgIpc) is 2.33. The molecule has 0 fully saturated rings. The Labute approximate surface area is 104 Å². The summed E-state index contributed by atoms with van der Waals surface area (Å²) in [7, 11) is -2.45. The van der Waals surface area contributed by atoms with Crippen molar-refractivity contribution in [2.75, 3.05) is 11.4 Å². The van der Waals surface area contributed by atoms with Gasteiger partial charge in [0.25, 0.3) is 0 Å². The molecule has 1 N–H and O–H groups in total. The summed E-state index contributed by atoms with van der Waals surface area (Å²) < 4.78 is 24.8. The van der Waals surface area contributed by atoms with Gasteiger partial charge in [0.2, 0.25) is 10.0 Å². The number of carbonyl (C=O) groups is 2. The van der Waals surface area contributed by atoms with Crippen LogP contribution in [0.4, 0.5) is 5.69 Å². The highest BCUT2D eigenvalue weighted by Crippen LogP contribution is 2.32. The number of hydrogen-bond acceptors (Lipinski definition) is 4. The number of fused-ring (bicyclic) bond motifs is 1. The molecule has 0 bridgehead atoms. The van der Waals surface area contributed by atoms with E-state index in [2.05, 4.69) is 0 Å².